The van der Waals surface area contributed by atoms with E-state index < -0.39 is 0 Å². The molecular weight excluding hydrogens is 278 g/mol. The molecule has 0 unspecified atom stereocenters. The summed E-state index contributed by atoms with van der Waals surface area (Å²) in [5.74, 6) is 0.570. The smallest absolute Gasteiger partial charge is 0.0379 e. The molecule has 0 saturated heterocycles. The molecule has 0 bridgehead atoms. The fraction of sp³-hybridized carbons (Fsp3) is 0.273. The van der Waals surface area contributed by atoms with Gasteiger partial charge < -0.3 is 5.32 Å². The predicted octanol–water partition coefficient (Wildman–Crippen LogP) is 6.65. The number of allylic oxidation sites excluding steroid dienone is 1. The van der Waals surface area contributed by atoms with Crippen molar-refractivity contribution >= 4 is 11.8 Å². The molecule has 0 amide bonds. The average molecular weight is 307 g/mol. The van der Waals surface area contributed by atoms with Crippen LogP contribution in [-0.2, 0) is 6.42 Å². The van der Waals surface area contributed by atoms with Crippen LogP contribution in [0.4, 0.5) is 5.69 Å². The summed E-state index contributed by atoms with van der Waals surface area (Å²) in [6, 6.07) is 17.0. The molecule has 1 nitrogen and oxygen atoms in total. The minimum atomic E-state index is 0.570. The third-order valence-electron chi connectivity index (χ3n) is 3.51. The van der Waals surface area contributed by atoms with E-state index in [9.17, 15) is 0 Å². The highest BCUT2D eigenvalue weighted by Crippen LogP contribution is 2.17. The predicted molar refractivity (Wildman–Crippen MR) is 105 cm³/mol. The lowest BCUT2D eigenvalue weighted by molar-refractivity contribution is 0.867. The molecule has 0 aliphatic rings. The van der Waals surface area contributed by atoms with Crippen LogP contribution in [0.2, 0.25) is 0 Å². The molecule has 1 heteroatoms. The maximum Gasteiger partial charge on any atom is 0.0379 e. The third-order valence-corrected chi connectivity index (χ3v) is 3.51. The summed E-state index contributed by atoms with van der Waals surface area (Å²) in [6.07, 6.45) is 6.93. The molecular formula is C22H29N. The van der Waals surface area contributed by atoms with Crippen LogP contribution in [0.3, 0.4) is 0 Å². The number of rotatable bonds is 6. The highest BCUT2D eigenvalue weighted by atomic mass is 14.8. The third kappa shape index (κ3) is 6.15. The zero-order valence-corrected chi connectivity index (χ0v) is 14.8. The molecule has 0 aromatic heterocycles. The monoisotopic (exact) mass is 307 g/mol. The van der Waals surface area contributed by atoms with Gasteiger partial charge in [-0.05, 0) is 47.2 Å². The lowest BCUT2D eigenvalue weighted by Gasteiger charge is -2.07. The second kappa shape index (κ2) is 10.4. The Hall–Kier alpha value is -2.28. The fourth-order valence-electron chi connectivity index (χ4n) is 2.23. The van der Waals surface area contributed by atoms with Crippen molar-refractivity contribution in [2.24, 2.45) is 0 Å². The van der Waals surface area contributed by atoms with E-state index in [0.717, 1.165) is 12.1 Å². The number of nitrogens with one attached hydrogen (secondary N) is 1. The van der Waals surface area contributed by atoms with Gasteiger partial charge in [-0.2, -0.15) is 0 Å². The first-order chi connectivity index (χ1) is 11.2. The average Bonchev–Trinajstić information content (AvgIpc) is 2.59. The van der Waals surface area contributed by atoms with E-state index in [1.807, 2.05) is 26.1 Å². The Morgan fingerprint density at radius 3 is 2.26 bits per heavy atom. The Labute approximate surface area is 141 Å². The van der Waals surface area contributed by atoms with E-state index in [2.05, 4.69) is 80.4 Å². The molecule has 0 saturated carbocycles. The topological polar surface area (TPSA) is 12.0 Å². The van der Waals surface area contributed by atoms with Crippen molar-refractivity contribution in [3.05, 3.63) is 84.1 Å². The summed E-state index contributed by atoms with van der Waals surface area (Å²) in [5, 5.41) is 3.32. The zero-order chi connectivity index (χ0) is 17.1. The first-order valence-electron chi connectivity index (χ1n) is 8.42. The second-order valence-electron chi connectivity index (χ2n) is 5.45. The summed E-state index contributed by atoms with van der Waals surface area (Å²) < 4.78 is 0. The molecule has 0 atom stereocenters. The zero-order valence-electron chi connectivity index (χ0n) is 14.8. The van der Waals surface area contributed by atoms with Gasteiger partial charge in [0.1, 0.15) is 0 Å². The Bertz CT molecular complexity index is 606. The van der Waals surface area contributed by atoms with Crippen LogP contribution in [0.1, 0.15) is 50.3 Å². The molecule has 2 aromatic rings. The van der Waals surface area contributed by atoms with Gasteiger partial charge in [0.15, 0.2) is 0 Å². The van der Waals surface area contributed by atoms with Crippen LogP contribution in [0.15, 0.2) is 67.4 Å². The minimum Gasteiger partial charge on any atom is -0.362 e. The molecule has 2 rings (SSSR count). The molecule has 0 radical (unpaired) electrons. The SMILES string of the molecule is C=CCc1ccccc1/C=C/Nc1ccc(C(C)C)cc1.CC. The quantitative estimate of drug-likeness (QED) is 0.589. The Morgan fingerprint density at radius 2 is 1.65 bits per heavy atom. The number of hydrogen-bond acceptors (Lipinski definition) is 1. The van der Waals surface area contributed by atoms with E-state index in [1.165, 1.54) is 16.7 Å². The maximum absolute atomic E-state index is 3.81. The van der Waals surface area contributed by atoms with Crippen molar-refractivity contribution in [1.82, 2.24) is 0 Å². The highest BCUT2D eigenvalue weighted by Gasteiger charge is 1.98. The lowest BCUT2D eigenvalue weighted by Crippen LogP contribution is -1.91. The van der Waals surface area contributed by atoms with Crippen molar-refractivity contribution in [2.75, 3.05) is 5.32 Å². The van der Waals surface area contributed by atoms with Crippen LogP contribution in [0.5, 0.6) is 0 Å². The summed E-state index contributed by atoms with van der Waals surface area (Å²) >= 11 is 0. The molecule has 0 fully saturated rings. The van der Waals surface area contributed by atoms with Crippen molar-refractivity contribution in [1.29, 1.82) is 0 Å². The van der Waals surface area contributed by atoms with Crippen LogP contribution in [0.25, 0.3) is 6.08 Å². The standard InChI is InChI=1S/C20H23N.C2H6/c1-4-7-18-8-5-6-9-19(18)14-15-21-20-12-10-17(11-13-20)16(2)3;1-2/h4-6,8-16,21H,1,7H2,2-3H3;1-2H3/b15-14+;. The van der Waals surface area contributed by atoms with Gasteiger partial charge in [-0.1, -0.05) is 70.2 Å². The molecule has 0 spiro atoms. The molecule has 0 aliphatic carbocycles. The van der Waals surface area contributed by atoms with E-state index >= 15 is 0 Å². The van der Waals surface area contributed by atoms with Crippen LogP contribution in [-0.4, -0.2) is 0 Å². The van der Waals surface area contributed by atoms with Crippen LogP contribution < -0.4 is 5.32 Å². The largest absolute Gasteiger partial charge is 0.362 e. The molecule has 0 heterocycles. The Morgan fingerprint density at radius 1 is 1.00 bits per heavy atom. The summed E-state index contributed by atoms with van der Waals surface area (Å²) in [5.41, 5.74) is 4.99. The summed E-state index contributed by atoms with van der Waals surface area (Å²) in [6.45, 7) is 12.2. The molecule has 1 N–H and O–H groups in total. The lowest BCUT2D eigenvalue weighted by atomic mass is 10.0. The molecule has 2 aromatic carbocycles. The van der Waals surface area contributed by atoms with Crippen molar-refractivity contribution in [3.63, 3.8) is 0 Å². The van der Waals surface area contributed by atoms with E-state index in [1.54, 1.807) is 0 Å². The first kappa shape index (κ1) is 18.8. The Kier molecular flexibility index (Phi) is 8.52. The number of hydrogen-bond donors (Lipinski definition) is 1. The second-order valence-corrected chi connectivity index (χ2v) is 5.45. The van der Waals surface area contributed by atoms with Crippen LogP contribution in [0, 0.1) is 0 Å². The normalized spacial score (nSPS) is 10.3. The van der Waals surface area contributed by atoms with Gasteiger partial charge in [0.05, 0.1) is 0 Å². The molecule has 23 heavy (non-hydrogen) atoms. The van der Waals surface area contributed by atoms with Gasteiger partial charge >= 0.3 is 0 Å². The summed E-state index contributed by atoms with van der Waals surface area (Å²) in [7, 11) is 0. The molecule has 122 valence electrons. The van der Waals surface area contributed by atoms with Gasteiger partial charge in [0.25, 0.3) is 0 Å². The minimum absolute atomic E-state index is 0.570. The maximum atomic E-state index is 3.81. The van der Waals surface area contributed by atoms with Crippen molar-refractivity contribution < 1.29 is 0 Å². The van der Waals surface area contributed by atoms with Gasteiger partial charge in [-0.15, -0.1) is 6.58 Å². The van der Waals surface area contributed by atoms with Gasteiger partial charge in [0.2, 0.25) is 0 Å². The first-order valence-corrected chi connectivity index (χ1v) is 8.42. The summed E-state index contributed by atoms with van der Waals surface area (Å²) in [4.78, 5) is 0. The van der Waals surface area contributed by atoms with Crippen LogP contribution >= 0.6 is 0 Å². The van der Waals surface area contributed by atoms with Crippen molar-refractivity contribution in [2.45, 2.75) is 40.0 Å². The van der Waals surface area contributed by atoms with E-state index in [-0.39, 0.29) is 0 Å². The van der Waals surface area contributed by atoms with Gasteiger partial charge in [-0.3, -0.25) is 0 Å². The van der Waals surface area contributed by atoms with Gasteiger partial charge in [-0.25, -0.2) is 0 Å². The van der Waals surface area contributed by atoms with E-state index in [4.69, 9.17) is 0 Å². The fourth-order valence-corrected chi connectivity index (χ4v) is 2.23. The number of benzene rings is 2. The van der Waals surface area contributed by atoms with E-state index in [0.29, 0.717) is 5.92 Å². The highest BCUT2D eigenvalue weighted by molar-refractivity contribution is 5.58. The number of anilines is 1. The molecule has 0 aliphatic heterocycles. The van der Waals surface area contributed by atoms with Gasteiger partial charge in [0, 0.05) is 11.9 Å². The Balaban J connectivity index is 0.00000127. The van der Waals surface area contributed by atoms with Crippen molar-refractivity contribution in [3.8, 4) is 0 Å².